The van der Waals surface area contributed by atoms with Crippen molar-refractivity contribution >= 4 is 33.5 Å². The first-order valence-corrected chi connectivity index (χ1v) is 13.6. The molecule has 2 aromatic carbocycles. The molecule has 14 heteroatoms. The molecule has 1 aliphatic heterocycles. The maximum absolute atomic E-state index is 14.0. The topological polar surface area (TPSA) is 92.5 Å². The van der Waals surface area contributed by atoms with E-state index in [1.165, 1.54) is 38.1 Å². The molecule has 1 aliphatic rings. The molecule has 0 radical (unpaired) electrons. The lowest BCUT2D eigenvalue weighted by atomic mass is 10.0. The molecule has 8 nitrogen and oxygen atoms in total. The summed E-state index contributed by atoms with van der Waals surface area (Å²) in [6.07, 6.45) is -3.86. The van der Waals surface area contributed by atoms with Gasteiger partial charge < -0.3 is 9.47 Å². The highest BCUT2D eigenvalue weighted by Crippen LogP contribution is 2.54. The average molecular weight is 564 g/mol. The van der Waals surface area contributed by atoms with Crippen LogP contribution in [0.25, 0.3) is 5.69 Å². The molecule has 0 N–H and O–H groups in total. The number of thioether (sulfide) groups is 1. The standard InChI is InChI=1S/C22H21ClF3N3O5S2/c1-32-16-6-4-5-13(18(16)33-2)19-14-11-12(23)7-8-15(14)29-20(27-28-21(29)22(24,25)26)17(35-19)9-10-34-36(3,30)31/h4-8,11,17,19H,9-10H2,1-3H3/t17-,19-/m0/s1. The minimum atomic E-state index is -4.80. The molecule has 2 heterocycles. The Balaban J connectivity index is 1.95. The van der Waals surface area contributed by atoms with Crippen LogP contribution in [0.4, 0.5) is 13.2 Å². The van der Waals surface area contributed by atoms with E-state index in [0.29, 0.717) is 27.6 Å². The molecule has 3 aromatic rings. The fourth-order valence-corrected chi connectivity index (χ4v) is 6.11. The third-order valence-electron chi connectivity index (χ3n) is 5.44. The molecule has 4 rings (SSSR count). The van der Waals surface area contributed by atoms with E-state index in [0.717, 1.165) is 10.8 Å². The van der Waals surface area contributed by atoms with E-state index in [-0.39, 0.29) is 24.5 Å². The maximum Gasteiger partial charge on any atom is 0.452 e. The van der Waals surface area contributed by atoms with Crippen LogP contribution in [0.2, 0.25) is 5.02 Å². The first-order chi connectivity index (χ1) is 16.9. The molecular weight excluding hydrogens is 543 g/mol. The largest absolute Gasteiger partial charge is 0.493 e. The summed E-state index contributed by atoms with van der Waals surface area (Å²) in [5.41, 5.74) is 1.30. The highest BCUT2D eigenvalue weighted by molar-refractivity contribution is 8.00. The van der Waals surface area contributed by atoms with Gasteiger partial charge in [0.15, 0.2) is 17.3 Å². The minimum absolute atomic E-state index is 0.0114. The predicted molar refractivity (Wildman–Crippen MR) is 129 cm³/mol. The summed E-state index contributed by atoms with van der Waals surface area (Å²) in [6.45, 7) is -0.260. The number of benzene rings is 2. The summed E-state index contributed by atoms with van der Waals surface area (Å²) < 4.78 is 81.9. The highest BCUT2D eigenvalue weighted by Gasteiger charge is 2.43. The Morgan fingerprint density at radius 3 is 2.50 bits per heavy atom. The van der Waals surface area contributed by atoms with Crippen LogP contribution < -0.4 is 9.47 Å². The van der Waals surface area contributed by atoms with Crippen molar-refractivity contribution in [1.29, 1.82) is 0 Å². The summed E-state index contributed by atoms with van der Waals surface area (Å²) in [7, 11) is -0.811. The van der Waals surface area contributed by atoms with Gasteiger partial charge in [0.25, 0.3) is 10.1 Å². The average Bonchev–Trinajstić information content (AvgIpc) is 3.20. The molecule has 2 atom stereocenters. The van der Waals surface area contributed by atoms with Gasteiger partial charge in [0.05, 0.1) is 43.3 Å². The van der Waals surface area contributed by atoms with Gasteiger partial charge in [0, 0.05) is 10.6 Å². The monoisotopic (exact) mass is 563 g/mol. The van der Waals surface area contributed by atoms with Crippen LogP contribution in [-0.4, -0.2) is 50.3 Å². The van der Waals surface area contributed by atoms with Crippen LogP contribution in [0, 0.1) is 0 Å². The Morgan fingerprint density at radius 1 is 1.11 bits per heavy atom. The lowest BCUT2D eigenvalue weighted by molar-refractivity contribution is -0.146. The lowest BCUT2D eigenvalue weighted by Crippen LogP contribution is -2.16. The van der Waals surface area contributed by atoms with E-state index in [2.05, 4.69) is 10.2 Å². The van der Waals surface area contributed by atoms with Crippen molar-refractivity contribution in [2.45, 2.75) is 23.1 Å². The third kappa shape index (κ3) is 5.29. The van der Waals surface area contributed by atoms with E-state index in [1.54, 1.807) is 24.3 Å². The van der Waals surface area contributed by atoms with E-state index >= 15 is 0 Å². The maximum atomic E-state index is 14.0. The van der Waals surface area contributed by atoms with E-state index in [4.69, 9.17) is 25.3 Å². The molecule has 0 amide bonds. The lowest BCUT2D eigenvalue weighted by Gasteiger charge is -2.24. The van der Waals surface area contributed by atoms with Crippen LogP contribution in [0.5, 0.6) is 11.5 Å². The molecule has 0 aliphatic carbocycles. The molecule has 0 saturated carbocycles. The second-order valence-corrected chi connectivity index (χ2v) is 11.2. The van der Waals surface area contributed by atoms with Gasteiger partial charge in [0.2, 0.25) is 5.82 Å². The van der Waals surface area contributed by atoms with Crippen molar-refractivity contribution in [1.82, 2.24) is 14.8 Å². The van der Waals surface area contributed by atoms with E-state index in [1.807, 2.05) is 0 Å². The predicted octanol–water partition coefficient (Wildman–Crippen LogP) is 5.20. The third-order valence-corrected chi connectivity index (χ3v) is 7.82. The zero-order valence-corrected chi connectivity index (χ0v) is 21.6. The van der Waals surface area contributed by atoms with Crippen molar-refractivity contribution in [3.8, 4) is 17.2 Å². The number of hydrogen-bond acceptors (Lipinski definition) is 8. The number of hydrogen-bond donors (Lipinski definition) is 0. The number of methoxy groups -OCH3 is 2. The van der Waals surface area contributed by atoms with Gasteiger partial charge >= 0.3 is 6.18 Å². The summed E-state index contributed by atoms with van der Waals surface area (Å²) in [4.78, 5) is 0. The van der Waals surface area contributed by atoms with Gasteiger partial charge in [-0.2, -0.15) is 21.6 Å². The van der Waals surface area contributed by atoms with Gasteiger partial charge in [0.1, 0.15) is 0 Å². The Bertz CT molecular complexity index is 1380. The van der Waals surface area contributed by atoms with Gasteiger partial charge in [-0.25, -0.2) is 0 Å². The Labute approximate surface area is 214 Å². The smallest absolute Gasteiger partial charge is 0.452 e. The number of para-hydroxylation sites is 1. The van der Waals surface area contributed by atoms with Gasteiger partial charge in [-0.05, 0) is 36.2 Å². The first kappa shape index (κ1) is 26.6. The van der Waals surface area contributed by atoms with Gasteiger partial charge in [-0.1, -0.05) is 23.7 Å². The second-order valence-electron chi connectivity index (χ2n) is 7.82. The van der Waals surface area contributed by atoms with Crippen LogP contribution in [0.3, 0.4) is 0 Å². The molecule has 1 aromatic heterocycles. The van der Waals surface area contributed by atoms with Crippen LogP contribution in [-0.2, 0) is 20.5 Å². The summed E-state index contributed by atoms with van der Waals surface area (Å²) in [6, 6.07) is 9.79. The number of aromatic nitrogens is 3. The Hall–Kier alpha value is -2.48. The van der Waals surface area contributed by atoms with Crippen molar-refractivity contribution in [3.05, 3.63) is 64.2 Å². The van der Waals surface area contributed by atoms with Crippen molar-refractivity contribution < 1.29 is 35.2 Å². The van der Waals surface area contributed by atoms with E-state index < -0.39 is 32.6 Å². The quantitative estimate of drug-likeness (QED) is 0.362. The fraction of sp³-hybridized carbons (Fsp3) is 0.364. The van der Waals surface area contributed by atoms with Crippen molar-refractivity contribution in [2.24, 2.45) is 0 Å². The highest BCUT2D eigenvalue weighted by atomic mass is 35.5. The molecular formula is C22H21ClF3N3O5S2. The Kier molecular flexibility index (Phi) is 7.47. The number of nitrogens with zero attached hydrogens (tertiary/aromatic N) is 3. The molecule has 194 valence electrons. The van der Waals surface area contributed by atoms with E-state index in [9.17, 15) is 21.6 Å². The number of alkyl halides is 3. The fourth-order valence-electron chi connectivity index (χ4n) is 4.03. The first-order valence-electron chi connectivity index (χ1n) is 10.5. The van der Waals surface area contributed by atoms with Crippen molar-refractivity contribution in [3.63, 3.8) is 0 Å². The van der Waals surface area contributed by atoms with Crippen LogP contribution in [0.1, 0.15) is 39.7 Å². The molecule has 0 unspecified atom stereocenters. The molecule has 0 fully saturated rings. The summed E-state index contributed by atoms with van der Waals surface area (Å²) in [5, 5.41) is 6.32. The zero-order chi connectivity index (χ0) is 26.3. The van der Waals surface area contributed by atoms with Gasteiger partial charge in [-0.3, -0.25) is 8.75 Å². The normalized spacial score (nSPS) is 17.8. The molecule has 0 bridgehead atoms. The number of fused-ring (bicyclic) bond motifs is 3. The number of rotatable bonds is 7. The summed E-state index contributed by atoms with van der Waals surface area (Å²) in [5.74, 6) is -0.342. The summed E-state index contributed by atoms with van der Waals surface area (Å²) >= 11 is 7.56. The number of halogens is 4. The zero-order valence-electron chi connectivity index (χ0n) is 19.2. The van der Waals surface area contributed by atoms with Crippen LogP contribution in [0.15, 0.2) is 36.4 Å². The van der Waals surface area contributed by atoms with Crippen molar-refractivity contribution in [2.75, 3.05) is 27.1 Å². The Morgan fingerprint density at radius 2 is 1.86 bits per heavy atom. The number of ether oxygens (including phenoxy) is 2. The minimum Gasteiger partial charge on any atom is -0.493 e. The molecule has 36 heavy (non-hydrogen) atoms. The van der Waals surface area contributed by atoms with Gasteiger partial charge in [-0.15, -0.1) is 22.0 Å². The van der Waals surface area contributed by atoms with Crippen LogP contribution >= 0.6 is 23.4 Å². The SMILES string of the molecule is COc1cccc([C@@H]2S[C@@H](CCOS(C)(=O)=O)c3nnc(C(F)(F)F)n3-c3ccc(Cl)cc32)c1OC. The molecule has 0 spiro atoms. The second kappa shape index (κ2) is 10.1. The molecule has 0 saturated heterocycles.